The van der Waals surface area contributed by atoms with Gasteiger partial charge in [-0.2, -0.15) is 0 Å². The molecule has 1 amide bonds. The molecule has 2 unspecified atom stereocenters. The maximum atomic E-state index is 11.5. The quantitative estimate of drug-likeness (QED) is 0.340. The molecule has 0 saturated carbocycles. The Morgan fingerprint density at radius 1 is 1.05 bits per heavy atom. The van der Waals surface area contributed by atoms with Crippen LogP contribution in [0.2, 0.25) is 0 Å². The number of amides is 1. The summed E-state index contributed by atoms with van der Waals surface area (Å²) >= 11 is 0. The van der Waals surface area contributed by atoms with E-state index in [2.05, 4.69) is 12.2 Å². The van der Waals surface area contributed by atoms with Gasteiger partial charge in [0.2, 0.25) is 5.91 Å². The molecular weight excluding hydrogens is 278 g/mol. The minimum atomic E-state index is -0.824. The Morgan fingerprint density at radius 2 is 1.68 bits per heavy atom. The first kappa shape index (κ1) is 21.1. The van der Waals surface area contributed by atoms with Crippen molar-refractivity contribution in [1.29, 1.82) is 0 Å². The molecule has 0 rings (SSSR count). The fourth-order valence-electron chi connectivity index (χ4n) is 2.33. The van der Waals surface area contributed by atoms with Gasteiger partial charge in [-0.3, -0.25) is 4.79 Å². The summed E-state index contributed by atoms with van der Waals surface area (Å²) in [5.41, 5.74) is 0. The molecule has 0 aliphatic carbocycles. The van der Waals surface area contributed by atoms with Crippen LogP contribution in [0.15, 0.2) is 12.2 Å². The van der Waals surface area contributed by atoms with Crippen LogP contribution in [0.1, 0.15) is 78.1 Å². The second kappa shape index (κ2) is 15.0. The fraction of sp³-hybridized carbons (Fsp3) is 0.833. The molecule has 0 aliphatic rings. The van der Waals surface area contributed by atoms with Crippen LogP contribution < -0.4 is 5.32 Å². The van der Waals surface area contributed by atoms with E-state index < -0.39 is 12.1 Å². The van der Waals surface area contributed by atoms with Crippen molar-refractivity contribution in [1.82, 2.24) is 5.32 Å². The average molecular weight is 313 g/mol. The maximum Gasteiger partial charge on any atom is 0.220 e. The number of carbonyl (C=O) groups excluding carboxylic acids is 1. The second-order valence-corrected chi connectivity index (χ2v) is 5.94. The van der Waals surface area contributed by atoms with E-state index in [1.807, 2.05) is 13.0 Å². The SMILES string of the molecule is CCCCCCCCCC=CC(O)C(CO)NC(=O)CCC. The minimum Gasteiger partial charge on any atom is -0.394 e. The van der Waals surface area contributed by atoms with Crippen molar-refractivity contribution < 1.29 is 15.0 Å². The fourth-order valence-corrected chi connectivity index (χ4v) is 2.33. The van der Waals surface area contributed by atoms with Crippen molar-refractivity contribution in [2.75, 3.05) is 6.61 Å². The third-order valence-electron chi connectivity index (χ3n) is 3.74. The van der Waals surface area contributed by atoms with Crippen LogP contribution in [-0.2, 0) is 4.79 Å². The molecule has 0 spiro atoms. The first-order valence-electron chi connectivity index (χ1n) is 8.90. The Hall–Kier alpha value is -0.870. The summed E-state index contributed by atoms with van der Waals surface area (Å²) < 4.78 is 0. The summed E-state index contributed by atoms with van der Waals surface area (Å²) in [7, 11) is 0. The van der Waals surface area contributed by atoms with Crippen molar-refractivity contribution in [3.8, 4) is 0 Å². The molecule has 0 radical (unpaired) electrons. The number of aliphatic hydroxyl groups excluding tert-OH is 2. The third kappa shape index (κ3) is 11.8. The van der Waals surface area contributed by atoms with Crippen LogP contribution in [0, 0.1) is 0 Å². The number of unbranched alkanes of at least 4 members (excludes halogenated alkanes) is 7. The Kier molecular flexibility index (Phi) is 14.4. The molecule has 0 aliphatic heterocycles. The molecule has 0 bridgehead atoms. The van der Waals surface area contributed by atoms with E-state index >= 15 is 0 Å². The van der Waals surface area contributed by atoms with Crippen molar-refractivity contribution in [2.45, 2.75) is 90.2 Å². The van der Waals surface area contributed by atoms with Gasteiger partial charge in [0.15, 0.2) is 0 Å². The van der Waals surface area contributed by atoms with Gasteiger partial charge in [-0.1, -0.05) is 64.5 Å². The molecule has 0 aromatic heterocycles. The highest BCUT2D eigenvalue weighted by molar-refractivity contribution is 5.76. The largest absolute Gasteiger partial charge is 0.394 e. The molecule has 4 heteroatoms. The predicted molar refractivity (Wildman–Crippen MR) is 91.7 cm³/mol. The molecule has 0 aromatic carbocycles. The summed E-state index contributed by atoms with van der Waals surface area (Å²) in [6.45, 7) is 3.89. The zero-order valence-electron chi connectivity index (χ0n) is 14.4. The van der Waals surface area contributed by atoms with Crippen LogP contribution in [0.5, 0.6) is 0 Å². The van der Waals surface area contributed by atoms with Crippen LogP contribution in [0.25, 0.3) is 0 Å². The summed E-state index contributed by atoms with van der Waals surface area (Å²) in [6.07, 6.45) is 13.8. The van der Waals surface area contributed by atoms with Crippen molar-refractivity contribution >= 4 is 5.91 Å². The molecule has 4 nitrogen and oxygen atoms in total. The van der Waals surface area contributed by atoms with Crippen LogP contribution in [-0.4, -0.2) is 34.9 Å². The Morgan fingerprint density at radius 3 is 2.27 bits per heavy atom. The number of aliphatic hydroxyl groups is 2. The standard InChI is InChI=1S/C18H35NO3/c1-3-5-6-7-8-9-10-11-12-14-17(21)16(15-20)19-18(22)13-4-2/h12,14,16-17,20-21H,3-11,13,15H2,1-2H3,(H,19,22). The number of carbonyl (C=O) groups is 1. The monoisotopic (exact) mass is 313 g/mol. The van der Waals surface area contributed by atoms with Crippen LogP contribution in [0.4, 0.5) is 0 Å². The summed E-state index contributed by atoms with van der Waals surface area (Å²) in [5, 5.41) is 21.9. The summed E-state index contributed by atoms with van der Waals surface area (Å²) in [6, 6.07) is -0.607. The van der Waals surface area contributed by atoms with Crippen molar-refractivity contribution in [3.05, 3.63) is 12.2 Å². The van der Waals surface area contributed by atoms with E-state index in [1.54, 1.807) is 6.08 Å². The van der Waals surface area contributed by atoms with Crippen molar-refractivity contribution in [3.63, 3.8) is 0 Å². The van der Waals surface area contributed by atoms with Crippen molar-refractivity contribution in [2.24, 2.45) is 0 Å². The van der Waals surface area contributed by atoms with Gasteiger partial charge in [-0.05, 0) is 19.3 Å². The first-order valence-corrected chi connectivity index (χ1v) is 8.90. The Bertz CT molecular complexity index is 292. The zero-order valence-corrected chi connectivity index (χ0v) is 14.4. The number of hydrogen-bond donors (Lipinski definition) is 3. The number of nitrogens with one attached hydrogen (secondary N) is 1. The highest BCUT2D eigenvalue weighted by Crippen LogP contribution is 2.09. The highest BCUT2D eigenvalue weighted by Gasteiger charge is 2.17. The van der Waals surface area contributed by atoms with Gasteiger partial charge in [-0.25, -0.2) is 0 Å². The topological polar surface area (TPSA) is 69.6 Å². The average Bonchev–Trinajstić information content (AvgIpc) is 2.51. The molecule has 0 fully saturated rings. The lowest BCUT2D eigenvalue weighted by molar-refractivity contribution is -0.122. The van der Waals surface area contributed by atoms with Crippen LogP contribution >= 0.6 is 0 Å². The molecule has 3 N–H and O–H groups in total. The van der Waals surface area contributed by atoms with E-state index in [9.17, 15) is 15.0 Å². The van der Waals surface area contributed by atoms with Gasteiger partial charge in [0.25, 0.3) is 0 Å². The predicted octanol–water partition coefficient (Wildman–Crippen LogP) is 3.32. The molecule has 22 heavy (non-hydrogen) atoms. The Labute approximate surface area is 136 Å². The van der Waals surface area contributed by atoms with Gasteiger partial charge >= 0.3 is 0 Å². The van der Waals surface area contributed by atoms with Gasteiger partial charge < -0.3 is 15.5 Å². The lowest BCUT2D eigenvalue weighted by atomic mass is 10.1. The normalized spacial score (nSPS) is 14.2. The molecule has 130 valence electrons. The lowest BCUT2D eigenvalue weighted by Gasteiger charge is -2.19. The van der Waals surface area contributed by atoms with Gasteiger partial charge in [-0.15, -0.1) is 0 Å². The molecule has 0 heterocycles. The minimum absolute atomic E-state index is 0.124. The number of hydrogen-bond acceptors (Lipinski definition) is 3. The highest BCUT2D eigenvalue weighted by atomic mass is 16.3. The molecule has 0 aromatic rings. The zero-order chi connectivity index (χ0) is 16.6. The third-order valence-corrected chi connectivity index (χ3v) is 3.74. The maximum absolute atomic E-state index is 11.5. The van der Waals surface area contributed by atoms with E-state index in [0.717, 1.165) is 19.3 Å². The summed E-state index contributed by atoms with van der Waals surface area (Å²) in [4.78, 5) is 11.5. The van der Waals surface area contributed by atoms with E-state index in [0.29, 0.717) is 6.42 Å². The van der Waals surface area contributed by atoms with E-state index in [1.165, 1.54) is 38.5 Å². The number of allylic oxidation sites excluding steroid dienone is 1. The Balaban J connectivity index is 3.78. The van der Waals surface area contributed by atoms with Gasteiger partial charge in [0, 0.05) is 6.42 Å². The molecule has 0 saturated heterocycles. The van der Waals surface area contributed by atoms with Crippen LogP contribution in [0.3, 0.4) is 0 Å². The molecular formula is C18H35NO3. The van der Waals surface area contributed by atoms with Gasteiger partial charge in [0.05, 0.1) is 18.8 Å². The van der Waals surface area contributed by atoms with Gasteiger partial charge in [0.1, 0.15) is 0 Å². The smallest absolute Gasteiger partial charge is 0.220 e. The molecule has 2 atom stereocenters. The lowest BCUT2D eigenvalue weighted by Crippen LogP contribution is -2.45. The van der Waals surface area contributed by atoms with E-state index in [-0.39, 0.29) is 12.5 Å². The van der Waals surface area contributed by atoms with E-state index in [4.69, 9.17) is 0 Å². The first-order chi connectivity index (χ1) is 10.7. The summed E-state index contributed by atoms with van der Waals surface area (Å²) in [5.74, 6) is -0.124. The number of rotatable bonds is 14. The second-order valence-electron chi connectivity index (χ2n) is 5.94.